The molecule has 1 atom stereocenters. The van der Waals surface area contributed by atoms with Crippen LogP contribution in [-0.2, 0) is 16.1 Å². The number of thioether (sulfide) groups is 1. The van der Waals surface area contributed by atoms with E-state index in [1.807, 2.05) is 0 Å². The molecular formula is C19H22N2O5S. The molecule has 1 unspecified atom stereocenters. The van der Waals surface area contributed by atoms with E-state index in [0.717, 1.165) is 36.6 Å². The normalized spacial score (nSPS) is 20.2. The number of carbonyl (C=O) groups excluding carboxylic acids is 3. The molecule has 0 saturated carbocycles. The van der Waals surface area contributed by atoms with Crippen molar-refractivity contribution in [3.63, 3.8) is 0 Å². The van der Waals surface area contributed by atoms with E-state index in [9.17, 15) is 19.2 Å². The molecule has 2 aliphatic rings. The number of carbonyl (C=O) groups is 4. The number of aliphatic carboxylic acids is 1. The number of hydrogen-bond acceptors (Lipinski definition) is 5. The minimum absolute atomic E-state index is 0.0470. The third-order valence-corrected chi connectivity index (χ3v) is 5.79. The van der Waals surface area contributed by atoms with Gasteiger partial charge in [-0.05, 0) is 43.4 Å². The van der Waals surface area contributed by atoms with Crippen molar-refractivity contribution < 1.29 is 24.3 Å². The summed E-state index contributed by atoms with van der Waals surface area (Å²) in [6.07, 6.45) is 3.21. The van der Waals surface area contributed by atoms with Crippen molar-refractivity contribution in [2.24, 2.45) is 0 Å². The minimum Gasteiger partial charge on any atom is -0.481 e. The fraction of sp³-hybridized carbons (Fsp3) is 0.474. The van der Waals surface area contributed by atoms with Crippen LogP contribution < -0.4 is 0 Å². The summed E-state index contributed by atoms with van der Waals surface area (Å²) in [5, 5.41) is 8.67. The van der Waals surface area contributed by atoms with Crippen LogP contribution in [0.2, 0.25) is 0 Å². The van der Waals surface area contributed by atoms with Crippen molar-refractivity contribution in [2.75, 3.05) is 12.3 Å². The Morgan fingerprint density at radius 3 is 2.74 bits per heavy atom. The molecule has 144 valence electrons. The highest BCUT2D eigenvalue weighted by atomic mass is 32.2. The summed E-state index contributed by atoms with van der Waals surface area (Å²) in [6.45, 7) is 0.779. The second kappa shape index (κ2) is 8.56. The Hall–Kier alpha value is -2.35. The van der Waals surface area contributed by atoms with Gasteiger partial charge in [-0.2, -0.15) is 0 Å². The third-order valence-electron chi connectivity index (χ3n) is 4.93. The van der Waals surface area contributed by atoms with Crippen LogP contribution >= 0.6 is 11.8 Å². The predicted octanol–water partition coefficient (Wildman–Crippen LogP) is 2.74. The quantitative estimate of drug-likeness (QED) is 0.802. The zero-order valence-corrected chi connectivity index (χ0v) is 15.7. The highest BCUT2D eigenvalue weighted by molar-refractivity contribution is 8.14. The van der Waals surface area contributed by atoms with Gasteiger partial charge in [-0.1, -0.05) is 23.9 Å². The molecule has 2 fully saturated rings. The third kappa shape index (κ3) is 4.68. The molecule has 1 N–H and O–H groups in total. The largest absolute Gasteiger partial charge is 0.481 e. The number of nitrogens with zero attached hydrogens (tertiary/aromatic N) is 2. The Morgan fingerprint density at radius 1 is 1.22 bits per heavy atom. The van der Waals surface area contributed by atoms with Crippen LogP contribution in [-0.4, -0.2) is 56.3 Å². The van der Waals surface area contributed by atoms with E-state index < -0.39 is 5.97 Å². The first-order valence-electron chi connectivity index (χ1n) is 9.04. The van der Waals surface area contributed by atoms with Crippen LogP contribution in [0.25, 0.3) is 0 Å². The van der Waals surface area contributed by atoms with Gasteiger partial charge in [0, 0.05) is 24.6 Å². The smallest absolute Gasteiger partial charge is 0.303 e. The molecule has 2 aliphatic heterocycles. The molecule has 2 heterocycles. The molecular weight excluding hydrogens is 368 g/mol. The van der Waals surface area contributed by atoms with Gasteiger partial charge < -0.3 is 10.0 Å². The second-order valence-corrected chi connectivity index (χ2v) is 7.74. The fourth-order valence-electron chi connectivity index (χ4n) is 3.54. The van der Waals surface area contributed by atoms with Gasteiger partial charge >= 0.3 is 5.97 Å². The second-order valence-electron chi connectivity index (χ2n) is 6.82. The Kier molecular flexibility index (Phi) is 6.15. The standard InChI is InChI=1S/C19H22N2O5S/c22-16-12-27-19(26)21(16)11-13-4-3-5-14(10-13)18(25)20-9-2-1-6-15(20)7-8-17(23)24/h3-5,10,15H,1-2,6-9,11-12H2,(H,23,24). The van der Waals surface area contributed by atoms with Crippen LogP contribution in [0.3, 0.4) is 0 Å². The van der Waals surface area contributed by atoms with Gasteiger partial charge in [-0.3, -0.25) is 24.1 Å². The molecule has 0 aliphatic carbocycles. The van der Waals surface area contributed by atoms with Crippen LogP contribution in [0.15, 0.2) is 24.3 Å². The van der Waals surface area contributed by atoms with Gasteiger partial charge in [0.05, 0.1) is 12.3 Å². The van der Waals surface area contributed by atoms with Crippen molar-refractivity contribution in [2.45, 2.75) is 44.7 Å². The van der Waals surface area contributed by atoms with Crippen LogP contribution in [0.5, 0.6) is 0 Å². The number of benzene rings is 1. The highest BCUT2D eigenvalue weighted by Crippen LogP contribution is 2.25. The Labute approximate surface area is 161 Å². The van der Waals surface area contributed by atoms with Crippen molar-refractivity contribution in [1.82, 2.24) is 9.80 Å². The summed E-state index contributed by atoms with van der Waals surface area (Å²) < 4.78 is 0. The Balaban J connectivity index is 1.72. The number of rotatable bonds is 6. The van der Waals surface area contributed by atoms with E-state index in [0.29, 0.717) is 18.5 Å². The molecule has 3 rings (SSSR count). The van der Waals surface area contributed by atoms with Crippen LogP contribution in [0, 0.1) is 0 Å². The van der Waals surface area contributed by atoms with Gasteiger partial charge in [0.15, 0.2) is 0 Å². The van der Waals surface area contributed by atoms with E-state index in [2.05, 4.69) is 0 Å². The van der Waals surface area contributed by atoms with Gasteiger partial charge in [-0.25, -0.2) is 0 Å². The molecule has 27 heavy (non-hydrogen) atoms. The lowest BCUT2D eigenvalue weighted by atomic mass is 9.96. The number of likely N-dealkylation sites (tertiary alicyclic amines) is 1. The highest BCUT2D eigenvalue weighted by Gasteiger charge is 2.31. The Bertz CT molecular complexity index is 750. The SMILES string of the molecule is O=C(O)CCC1CCCCN1C(=O)c1cccc(CN2C(=O)CSC2=O)c1. The zero-order chi connectivity index (χ0) is 19.4. The van der Waals surface area contributed by atoms with E-state index in [1.165, 1.54) is 4.90 Å². The number of carboxylic acids is 1. The predicted molar refractivity (Wildman–Crippen MR) is 100 cm³/mol. The van der Waals surface area contributed by atoms with Gasteiger partial charge in [0.2, 0.25) is 5.91 Å². The lowest BCUT2D eigenvalue weighted by molar-refractivity contribution is -0.137. The molecule has 1 aromatic carbocycles. The molecule has 0 bridgehead atoms. The molecule has 1 aromatic rings. The molecule has 0 aromatic heterocycles. The zero-order valence-electron chi connectivity index (χ0n) is 14.9. The van der Waals surface area contributed by atoms with Gasteiger partial charge in [-0.15, -0.1) is 0 Å². The van der Waals surface area contributed by atoms with Crippen LogP contribution in [0.4, 0.5) is 4.79 Å². The van der Waals surface area contributed by atoms with Crippen molar-refractivity contribution in [1.29, 1.82) is 0 Å². The molecule has 3 amide bonds. The monoisotopic (exact) mass is 390 g/mol. The maximum absolute atomic E-state index is 13.0. The van der Waals surface area contributed by atoms with Crippen molar-refractivity contribution in [3.8, 4) is 0 Å². The average Bonchev–Trinajstić information content (AvgIpc) is 2.98. The molecule has 0 spiro atoms. The van der Waals surface area contributed by atoms with E-state index in [1.54, 1.807) is 29.2 Å². The topological polar surface area (TPSA) is 95.0 Å². The maximum Gasteiger partial charge on any atom is 0.303 e. The van der Waals surface area contributed by atoms with Crippen LogP contribution in [0.1, 0.15) is 48.0 Å². The number of carboxylic acid groups (broad SMARTS) is 1. The Morgan fingerprint density at radius 2 is 2.04 bits per heavy atom. The summed E-state index contributed by atoms with van der Waals surface area (Å²) >= 11 is 0.988. The van der Waals surface area contributed by atoms with Crippen molar-refractivity contribution >= 4 is 34.8 Å². The summed E-state index contributed by atoms with van der Waals surface area (Å²) in [6, 6.07) is 6.91. The lowest BCUT2D eigenvalue weighted by Gasteiger charge is -2.36. The molecule has 7 nitrogen and oxygen atoms in total. The summed E-state index contributed by atoms with van der Waals surface area (Å²) in [5.74, 6) is -1.03. The first-order chi connectivity index (χ1) is 13.0. The van der Waals surface area contributed by atoms with E-state index in [-0.39, 0.29) is 41.8 Å². The van der Waals surface area contributed by atoms with Gasteiger partial charge in [0.1, 0.15) is 0 Å². The maximum atomic E-state index is 13.0. The van der Waals surface area contributed by atoms with Gasteiger partial charge in [0.25, 0.3) is 11.1 Å². The number of piperidine rings is 1. The molecule has 0 radical (unpaired) electrons. The van der Waals surface area contributed by atoms with Crippen molar-refractivity contribution in [3.05, 3.63) is 35.4 Å². The first kappa shape index (κ1) is 19.4. The summed E-state index contributed by atoms with van der Waals surface area (Å²) in [5.41, 5.74) is 1.23. The number of imide groups is 1. The molecule has 8 heteroatoms. The number of amides is 3. The lowest BCUT2D eigenvalue weighted by Crippen LogP contribution is -2.44. The minimum atomic E-state index is -0.854. The average molecular weight is 390 g/mol. The molecule has 2 saturated heterocycles. The fourth-order valence-corrected chi connectivity index (χ4v) is 4.27. The summed E-state index contributed by atoms with van der Waals surface area (Å²) in [7, 11) is 0. The number of hydrogen-bond donors (Lipinski definition) is 1. The van der Waals surface area contributed by atoms with E-state index >= 15 is 0 Å². The van der Waals surface area contributed by atoms with E-state index in [4.69, 9.17) is 5.11 Å². The first-order valence-corrected chi connectivity index (χ1v) is 10.0. The summed E-state index contributed by atoms with van der Waals surface area (Å²) in [4.78, 5) is 50.4.